The average Bonchev–Trinajstić information content (AvgIpc) is 3.22. The van der Waals surface area contributed by atoms with E-state index < -0.39 is 6.10 Å². The molecule has 0 amide bonds. The molecule has 0 aliphatic carbocycles. The van der Waals surface area contributed by atoms with E-state index >= 15 is 0 Å². The summed E-state index contributed by atoms with van der Waals surface area (Å²) in [6, 6.07) is 5.65. The van der Waals surface area contributed by atoms with Crippen LogP contribution in [0.5, 0.6) is 0 Å². The van der Waals surface area contributed by atoms with Crippen LogP contribution < -0.4 is 10.6 Å². The number of thiophene rings is 1. The maximum absolute atomic E-state index is 10.0. The summed E-state index contributed by atoms with van der Waals surface area (Å²) in [5, 5.41) is 20.6. The van der Waals surface area contributed by atoms with Crippen LogP contribution in [0.1, 0.15) is 37.2 Å². The monoisotopic (exact) mass is 449 g/mol. The number of hydrogen-bond donors (Lipinski definition) is 3. The van der Waals surface area contributed by atoms with Gasteiger partial charge in [0.2, 0.25) is 0 Å². The minimum atomic E-state index is -0.687. The summed E-state index contributed by atoms with van der Waals surface area (Å²) in [6.45, 7) is 6.00. The number of guanidine groups is 1. The third kappa shape index (κ3) is 6.52. The number of aliphatic imine (C=N–C) groups is 1. The normalized spacial score (nSPS) is 14.0. The molecule has 3 N–H and O–H groups in total. The second kappa shape index (κ2) is 10.7. The van der Waals surface area contributed by atoms with Crippen molar-refractivity contribution in [3.05, 3.63) is 46.5 Å². The van der Waals surface area contributed by atoms with Gasteiger partial charge in [-0.1, -0.05) is 6.92 Å². The van der Waals surface area contributed by atoms with Gasteiger partial charge in [-0.05, 0) is 41.4 Å². The summed E-state index contributed by atoms with van der Waals surface area (Å²) < 4.78 is 5.19. The molecule has 2 atom stereocenters. The molecule has 0 spiro atoms. The second-order valence-electron chi connectivity index (χ2n) is 5.09. The second-order valence-corrected chi connectivity index (χ2v) is 5.87. The van der Waals surface area contributed by atoms with Crippen LogP contribution in [0.15, 0.2) is 44.6 Å². The van der Waals surface area contributed by atoms with Gasteiger partial charge in [0, 0.05) is 19.0 Å². The van der Waals surface area contributed by atoms with Crippen LogP contribution in [-0.4, -0.2) is 30.7 Å². The fourth-order valence-electron chi connectivity index (χ4n) is 2.01. The zero-order chi connectivity index (χ0) is 15.8. The van der Waals surface area contributed by atoms with Crippen molar-refractivity contribution in [3.63, 3.8) is 0 Å². The molecular formula is C16H24IN3O2S. The van der Waals surface area contributed by atoms with E-state index in [2.05, 4.69) is 39.4 Å². The minimum Gasteiger partial charge on any atom is -0.467 e. The first-order valence-electron chi connectivity index (χ1n) is 7.46. The van der Waals surface area contributed by atoms with E-state index in [1.165, 1.54) is 5.56 Å². The van der Waals surface area contributed by atoms with Crippen LogP contribution in [0.25, 0.3) is 0 Å². The summed E-state index contributed by atoms with van der Waals surface area (Å²) in [5.74, 6) is 1.63. The lowest BCUT2D eigenvalue weighted by Crippen LogP contribution is -2.39. The van der Waals surface area contributed by atoms with Crippen LogP contribution in [0.2, 0.25) is 0 Å². The molecule has 0 fully saturated rings. The van der Waals surface area contributed by atoms with Crippen molar-refractivity contribution in [2.45, 2.75) is 25.9 Å². The highest BCUT2D eigenvalue weighted by atomic mass is 127. The van der Waals surface area contributed by atoms with Crippen molar-refractivity contribution in [3.8, 4) is 0 Å². The molecule has 2 unspecified atom stereocenters. The Balaban J connectivity index is 0.00000264. The van der Waals surface area contributed by atoms with Gasteiger partial charge in [-0.15, -0.1) is 24.0 Å². The number of nitrogens with one attached hydrogen (secondary N) is 2. The molecule has 2 heterocycles. The molecular weight excluding hydrogens is 425 g/mol. The summed E-state index contributed by atoms with van der Waals surface area (Å²) in [7, 11) is 0. The zero-order valence-corrected chi connectivity index (χ0v) is 16.5. The van der Waals surface area contributed by atoms with E-state index in [4.69, 9.17) is 4.42 Å². The van der Waals surface area contributed by atoms with Crippen molar-refractivity contribution in [1.82, 2.24) is 10.6 Å². The molecule has 5 nitrogen and oxygen atoms in total. The molecule has 0 aliphatic rings. The number of hydrogen-bond acceptors (Lipinski definition) is 4. The highest BCUT2D eigenvalue weighted by Crippen LogP contribution is 2.18. The molecule has 0 radical (unpaired) electrons. The van der Waals surface area contributed by atoms with E-state index in [1.54, 1.807) is 29.7 Å². The molecule has 0 saturated heterocycles. The summed E-state index contributed by atoms with van der Waals surface area (Å²) >= 11 is 1.70. The molecule has 0 aromatic carbocycles. The lowest BCUT2D eigenvalue weighted by Gasteiger charge is -2.15. The van der Waals surface area contributed by atoms with Crippen LogP contribution >= 0.6 is 35.3 Å². The van der Waals surface area contributed by atoms with Gasteiger partial charge in [-0.2, -0.15) is 11.3 Å². The number of furan rings is 1. The van der Waals surface area contributed by atoms with Gasteiger partial charge in [0.15, 0.2) is 5.96 Å². The van der Waals surface area contributed by atoms with Gasteiger partial charge in [-0.3, -0.25) is 4.99 Å². The van der Waals surface area contributed by atoms with E-state index in [0.29, 0.717) is 30.7 Å². The van der Waals surface area contributed by atoms with Gasteiger partial charge < -0.3 is 20.2 Å². The highest BCUT2D eigenvalue weighted by Gasteiger charge is 2.11. The number of aliphatic hydroxyl groups excluding tert-OH is 1. The zero-order valence-electron chi connectivity index (χ0n) is 13.4. The summed E-state index contributed by atoms with van der Waals surface area (Å²) in [5.41, 5.74) is 1.31. The summed E-state index contributed by atoms with van der Waals surface area (Å²) in [4.78, 5) is 4.58. The van der Waals surface area contributed by atoms with Gasteiger partial charge in [0.25, 0.3) is 0 Å². The lowest BCUT2D eigenvalue weighted by atomic mass is 10.1. The van der Waals surface area contributed by atoms with E-state index in [9.17, 15) is 5.11 Å². The average molecular weight is 449 g/mol. The first-order chi connectivity index (χ1) is 10.7. The largest absolute Gasteiger partial charge is 0.467 e. The predicted octanol–water partition coefficient (Wildman–Crippen LogP) is 3.35. The molecule has 0 aliphatic heterocycles. The Labute approximate surface area is 158 Å². The molecule has 0 saturated carbocycles. The standard InChI is InChI=1S/C16H23N3O2S.HI/c1-3-17-16(18-9-12(2)13-6-8-22-11-13)19-10-14(20)15-5-4-7-21-15;/h4-8,11-12,14,20H,3,9-10H2,1-2H3,(H2,17,18,19);1H. The molecule has 2 rings (SSSR count). The van der Waals surface area contributed by atoms with E-state index in [0.717, 1.165) is 6.54 Å². The lowest BCUT2D eigenvalue weighted by molar-refractivity contribution is 0.153. The first kappa shape index (κ1) is 20.0. The summed E-state index contributed by atoms with van der Waals surface area (Å²) in [6.07, 6.45) is 0.869. The first-order valence-corrected chi connectivity index (χ1v) is 8.40. The SMILES string of the molecule is CCNC(=NCC(C)c1ccsc1)NCC(O)c1ccco1.I. The number of aliphatic hydroxyl groups is 1. The Bertz CT molecular complexity index is 558. The topological polar surface area (TPSA) is 69.8 Å². The molecule has 2 aromatic rings. The van der Waals surface area contributed by atoms with Crippen molar-refractivity contribution < 1.29 is 9.52 Å². The third-order valence-corrected chi connectivity index (χ3v) is 4.02. The number of nitrogens with zero attached hydrogens (tertiary/aromatic N) is 1. The fourth-order valence-corrected chi connectivity index (χ4v) is 2.79. The third-order valence-electron chi connectivity index (χ3n) is 3.31. The molecule has 7 heteroatoms. The van der Waals surface area contributed by atoms with E-state index in [1.807, 2.05) is 6.92 Å². The Kier molecular flexibility index (Phi) is 9.27. The van der Waals surface area contributed by atoms with Crippen LogP contribution in [0, 0.1) is 0 Å². The minimum absolute atomic E-state index is 0. The molecule has 128 valence electrons. The van der Waals surface area contributed by atoms with E-state index in [-0.39, 0.29) is 24.0 Å². The molecule has 0 bridgehead atoms. The molecule has 2 aromatic heterocycles. The van der Waals surface area contributed by atoms with Gasteiger partial charge in [0.05, 0.1) is 12.8 Å². The predicted molar refractivity (Wildman–Crippen MR) is 106 cm³/mol. The van der Waals surface area contributed by atoms with Crippen LogP contribution in [-0.2, 0) is 0 Å². The Morgan fingerprint density at radius 3 is 2.83 bits per heavy atom. The van der Waals surface area contributed by atoms with Crippen molar-refractivity contribution in [2.75, 3.05) is 19.6 Å². The van der Waals surface area contributed by atoms with Gasteiger partial charge in [0.1, 0.15) is 11.9 Å². The Morgan fingerprint density at radius 1 is 1.39 bits per heavy atom. The van der Waals surface area contributed by atoms with Gasteiger partial charge >= 0.3 is 0 Å². The smallest absolute Gasteiger partial charge is 0.191 e. The van der Waals surface area contributed by atoms with Crippen molar-refractivity contribution in [1.29, 1.82) is 0 Å². The Hall–Kier alpha value is -1.06. The maximum Gasteiger partial charge on any atom is 0.191 e. The number of rotatable bonds is 7. The fraction of sp³-hybridized carbons (Fsp3) is 0.438. The van der Waals surface area contributed by atoms with Crippen molar-refractivity contribution >= 4 is 41.3 Å². The number of halogens is 1. The Morgan fingerprint density at radius 2 is 2.22 bits per heavy atom. The maximum atomic E-state index is 10.0. The quantitative estimate of drug-likeness (QED) is 0.345. The van der Waals surface area contributed by atoms with Crippen molar-refractivity contribution in [2.24, 2.45) is 4.99 Å². The molecule has 23 heavy (non-hydrogen) atoms. The van der Waals surface area contributed by atoms with Crippen LogP contribution in [0.4, 0.5) is 0 Å². The highest BCUT2D eigenvalue weighted by molar-refractivity contribution is 14.0. The van der Waals surface area contributed by atoms with Crippen LogP contribution in [0.3, 0.4) is 0 Å². The van der Waals surface area contributed by atoms with Gasteiger partial charge in [-0.25, -0.2) is 0 Å².